The SMILES string of the molecule is CC1(C)c2cc(-c3ccccc3)ccc2-c2c(-c3ccccc3)cc(N(c3ccc(C4CC5CCC4C5)cc3)c3ccccc3C3CCCCC3)cc21. The minimum absolute atomic E-state index is 0.171. The van der Waals surface area contributed by atoms with Crippen LogP contribution in [0.2, 0.25) is 0 Å². The molecule has 0 N–H and O–H groups in total. The zero-order chi connectivity index (χ0) is 35.5. The molecule has 1 nitrogen and oxygen atoms in total. The van der Waals surface area contributed by atoms with Crippen molar-refractivity contribution in [1.29, 1.82) is 0 Å². The minimum Gasteiger partial charge on any atom is -0.310 e. The summed E-state index contributed by atoms with van der Waals surface area (Å²) in [6, 6.07) is 53.4. The van der Waals surface area contributed by atoms with Crippen LogP contribution in [0.3, 0.4) is 0 Å². The van der Waals surface area contributed by atoms with Gasteiger partial charge in [0.1, 0.15) is 0 Å². The summed E-state index contributed by atoms with van der Waals surface area (Å²) in [5.41, 5.74) is 17.4. The Bertz CT molecular complexity index is 2260. The van der Waals surface area contributed by atoms with Crippen molar-refractivity contribution in [2.75, 3.05) is 4.90 Å². The second-order valence-electron chi connectivity index (χ2n) is 17.1. The first kappa shape index (κ1) is 32.7. The van der Waals surface area contributed by atoms with Crippen molar-refractivity contribution in [3.63, 3.8) is 0 Å². The van der Waals surface area contributed by atoms with Crippen LogP contribution in [0.4, 0.5) is 17.1 Å². The fourth-order valence-corrected chi connectivity index (χ4v) is 11.0. The van der Waals surface area contributed by atoms with Crippen molar-refractivity contribution in [2.24, 2.45) is 11.8 Å². The maximum absolute atomic E-state index is 2.62. The molecule has 3 unspecified atom stereocenters. The molecule has 0 spiro atoms. The highest BCUT2D eigenvalue weighted by Gasteiger charge is 2.41. The number of nitrogens with zero attached hydrogens (tertiary/aromatic N) is 1. The first-order valence-corrected chi connectivity index (χ1v) is 20.5. The normalized spacial score (nSPS) is 21.4. The highest BCUT2D eigenvalue weighted by Crippen LogP contribution is 2.56. The molecule has 2 bridgehead atoms. The molecule has 0 aliphatic heterocycles. The zero-order valence-corrected chi connectivity index (χ0v) is 31.4. The monoisotopic (exact) mass is 689 g/mol. The van der Waals surface area contributed by atoms with Gasteiger partial charge in [-0.15, -0.1) is 0 Å². The van der Waals surface area contributed by atoms with Gasteiger partial charge in [-0.1, -0.05) is 143 Å². The predicted octanol–water partition coefficient (Wildman–Crippen LogP) is 14.7. The molecule has 6 aromatic rings. The number of hydrogen-bond donors (Lipinski definition) is 0. The molecule has 6 aromatic carbocycles. The Kier molecular flexibility index (Phi) is 8.16. The molecule has 3 saturated carbocycles. The topological polar surface area (TPSA) is 3.24 Å². The predicted molar refractivity (Wildman–Crippen MR) is 224 cm³/mol. The van der Waals surface area contributed by atoms with E-state index in [1.165, 1.54) is 125 Å². The van der Waals surface area contributed by atoms with E-state index < -0.39 is 0 Å². The summed E-state index contributed by atoms with van der Waals surface area (Å²) < 4.78 is 0. The Morgan fingerprint density at radius 1 is 0.528 bits per heavy atom. The van der Waals surface area contributed by atoms with E-state index in [-0.39, 0.29) is 5.41 Å². The first-order chi connectivity index (χ1) is 26.0. The average Bonchev–Trinajstić information content (AvgIpc) is 3.92. The van der Waals surface area contributed by atoms with E-state index in [0.717, 1.165) is 17.8 Å². The summed E-state index contributed by atoms with van der Waals surface area (Å²) in [6.45, 7) is 4.88. The van der Waals surface area contributed by atoms with Crippen molar-refractivity contribution >= 4 is 17.1 Å². The summed E-state index contributed by atoms with van der Waals surface area (Å²) in [6.07, 6.45) is 12.2. The van der Waals surface area contributed by atoms with Gasteiger partial charge in [0.05, 0.1) is 0 Å². The van der Waals surface area contributed by atoms with Crippen LogP contribution in [0.15, 0.2) is 140 Å². The molecule has 3 fully saturated rings. The van der Waals surface area contributed by atoms with E-state index in [2.05, 4.69) is 158 Å². The molecular formula is C52H51N. The summed E-state index contributed by atoms with van der Waals surface area (Å²) in [4.78, 5) is 2.62. The summed E-state index contributed by atoms with van der Waals surface area (Å²) in [7, 11) is 0. The number of rotatable bonds is 7. The van der Waals surface area contributed by atoms with Crippen molar-refractivity contribution in [3.8, 4) is 33.4 Å². The van der Waals surface area contributed by atoms with Crippen LogP contribution in [-0.4, -0.2) is 0 Å². The maximum Gasteiger partial charge on any atom is 0.0496 e. The fraction of sp³-hybridized carbons (Fsp3) is 0.308. The number of anilines is 3. The van der Waals surface area contributed by atoms with E-state index in [1.807, 2.05) is 0 Å². The third-order valence-corrected chi connectivity index (χ3v) is 13.7. The van der Waals surface area contributed by atoms with Gasteiger partial charge in [-0.3, -0.25) is 0 Å². The third-order valence-electron chi connectivity index (χ3n) is 13.7. The van der Waals surface area contributed by atoms with E-state index in [4.69, 9.17) is 0 Å². The van der Waals surface area contributed by atoms with Gasteiger partial charge < -0.3 is 4.90 Å². The Balaban J connectivity index is 1.17. The van der Waals surface area contributed by atoms with Gasteiger partial charge in [0.15, 0.2) is 0 Å². The highest BCUT2D eigenvalue weighted by atomic mass is 15.1. The van der Waals surface area contributed by atoms with E-state index in [1.54, 1.807) is 5.56 Å². The molecule has 4 aliphatic rings. The lowest BCUT2D eigenvalue weighted by Gasteiger charge is -2.33. The van der Waals surface area contributed by atoms with Crippen molar-refractivity contribution in [3.05, 3.63) is 162 Å². The second kappa shape index (κ2) is 13.2. The largest absolute Gasteiger partial charge is 0.310 e. The van der Waals surface area contributed by atoms with Gasteiger partial charge in [0.25, 0.3) is 0 Å². The number of benzene rings is 6. The average molecular weight is 690 g/mol. The Labute approximate surface area is 316 Å². The zero-order valence-electron chi connectivity index (χ0n) is 31.4. The first-order valence-electron chi connectivity index (χ1n) is 20.5. The molecule has 0 aromatic heterocycles. The molecule has 10 rings (SSSR count). The second-order valence-corrected chi connectivity index (χ2v) is 17.1. The molecule has 4 aliphatic carbocycles. The van der Waals surface area contributed by atoms with Crippen molar-refractivity contribution < 1.29 is 0 Å². The lowest BCUT2D eigenvalue weighted by Crippen LogP contribution is -2.18. The van der Waals surface area contributed by atoms with E-state index in [9.17, 15) is 0 Å². The Morgan fingerprint density at radius 2 is 1.25 bits per heavy atom. The van der Waals surface area contributed by atoms with Crippen molar-refractivity contribution in [1.82, 2.24) is 0 Å². The van der Waals surface area contributed by atoms with E-state index >= 15 is 0 Å². The van der Waals surface area contributed by atoms with Crippen LogP contribution >= 0.6 is 0 Å². The quantitative estimate of drug-likeness (QED) is 0.161. The van der Waals surface area contributed by atoms with Crippen LogP contribution in [0, 0.1) is 11.8 Å². The molecule has 53 heavy (non-hydrogen) atoms. The van der Waals surface area contributed by atoms with Gasteiger partial charge in [0, 0.05) is 22.5 Å². The van der Waals surface area contributed by atoms with Gasteiger partial charge in [-0.05, 0) is 148 Å². The molecule has 3 atom stereocenters. The van der Waals surface area contributed by atoms with Gasteiger partial charge in [-0.2, -0.15) is 0 Å². The molecule has 264 valence electrons. The molecule has 0 radical (unpaired) electrons. The lowest BCUT2D eigenvalue weighted by atomic mass is 9.80. The molecule has 0 saturated heterocycles. The van der Waals surface area contributed by atoms with Crippen molar-refractivity contribution in [2.45, 2.75) is 88.9 Å². The fourth-order valence-electron chi connectivity index (χ4n) is 11.0. The number of hydrogen-bond acceptors (Lipinski definition) is 1. The van der Waals surface area contributed by atoms with Crippen LogP contribution in [0.25, 0.3) is 33.4 Å². The minimum atomic E-state index is -0.171. The summed E-state index contributed by atoms with van der Waals surface area (Å²) >= 11 is 0. The smallest absolute Gasteiger partial charge is 0.0496 e. The van der Waals surface area contributed by atoms with E-state index in [0.29, 0.717) is 5.92 Å². The summed E-state index contributed by atoms with van der Waals surface area (Å²) in [5, 5.41) is 0. The van der Waals surface area contributed by atoms with Gasteiger partial charge in [-0.25, -0.2) is 0 Å². The Hall–Kier alpha value is -4.88. The molecular weight excluding hydrogens is 639 g/mol. The van der Waals surface area contributed by atoms with Crippen LogP contribution in [-0.2, 0) is 5.41 Å². The maximum atomic E-state index is 2.62. The van der Waals surface area contributed by atoms with Crippen LogP contribution in [0.5, 0.6) is 0 Å². The van der Waals surface area contributed by atoms with Gasteiger partial charge >= 0.3 is 0 Å². The lowest BCUT2D eigenvalue weighted by molar-refractivity contribution is 0.420. The highest BCUT2D eigenvalue weighted by molar-refractivity contribution is 5.97. The van der Waals surface area contributed by atoms with Crippen LogP contribution in [0.1, 0.15) is 106 Å². The van der Waals surface area contributed by atoms with Crippen LogP contribution < -0.4 is 4.90 Å². The standard InChI is InChI=1S/C52H51N/c1-52(2)48-32-40(36-14-6-3-7-15-36)26-29-45(48)51-47(38-18-10-5-11-19-38)33-43(34-49(51)52)53(50-21-13-12-20-44(50)37-16-8-4-9-17-37)42-27-24-39(25-28-42)46-31-35-22-23-41(46)30-35/h3,5-7,10-15,18-21,24-29,32-35,37,41,46H,4,8-9,16-17,22-23,30-31H2,1-2H3. The number of para-hydroxylation sites is 1. The molecule has 0 heterocycles. The number of fused-ring (bicyclic) bond motifs is 5. The summed E-state index contributed by atoms with van der Waals surface area (Å²) in [5.74, 6) is 3.15. The third kappa shape index (κ3) is 5.67. The Morgan fingerprint density at radius 3 is 1.96 bits per heavy atom. The van der Waals surface area contributed by atoms with Gasteiger partial charge in [0.2, 0.25) is 0 Å². The molecule has 1 heteroatoms. The molecule has 0 amide bonds.